The van der Waals surface area contributed by atoms with Crippen molar-refractivity contribution < 1.29 is 0 Å². The fourth-order valence-electron chi connectivity index (χ4n) is 2.11. The fraction of sp³-hybridized carbons (Fsp3) is 0.214. The molecule has 2 aliphatic rings. The standard InChI is InChI=1S/C14H14Cl2N6.BrH/c1-21(2)14-19-11-12(17)18-7-22(13(11)20-14)6-8-9(15)4-3-5-10(8)16;/h3-5,7H,6,17H2,1-2H3;1H. The molecule has 9 heteroatoms. The Morgan fingerprint density at radius 1 is 1.17 bits per heavy atom. The van der Waals surface area contributed by atoms with Gasteiger partial charge in [0.2, 0.25) is 5.95 Å². The van der Waals surface area contributed by atoms with E-state index in [4.69, 9.17) is 28.9 Å². The van der Waals surface area contributed by atoms with E-state index in [0.29, 0.717) is 39.9 Å². The molecule has 2 N–H and O–H groups in total. The molecule has 122 valence electrons. The minimum atomic E-state index is 0. The van der Waals surface area contributed by atoms with Crippen LogP contribution in [0.4, 0.5) is 11.8 Å². The van der Waals surface area contributed by atoms with Crippen molar-refractivity contribution in [3.05, 3.63) is 40.1 Å². The van der Waals surface area contributed by atoms with Crippen molar-refractivity contribution >= 4 is 51.9 Å². The molecule has 2 heterocycles. The first-order valence-electron chi connectivity index (χ1n) is 6.56. The zero-order chi connectivity index (χ0) is 15.9. The third kappa shape index (κ3) is 3.36. The van der Waals surface area contributed by atoms with Crippen LogP contribution < -0.4 is 10.6 Å². The molecule has 0 radical (unpaired) electrons. The molecule has 1 aromatic rings. The molecular formula is C14H15BrCl2N6. The van der Waals surface area contributed by atoms with Crippen LogP contribution >= 0.6 is 40.2 Å². The lowest BCUT2D eigenvalue weighted by atomic mass is 10.2. The van der Waals surface area contributed by atoms with Gasteiger partial charge in [0, 0.05) is 29.7 Å². The monoisotopic (exact) mass is 416 g/mol. The predicted octanol–water partition coefficient (Wildman–Crippen LogP) is 3.36. The second-order valence-corrected chi connectivity index (χ2v) is 5.86. The molecule has 0 atom stereocenters. The zero-order valence-corrected chi connectivity index (χ0v) is 15.7. The molecular weight excluding hydrogens is 403 g/mol. The number of aromatic nitrogens is 4. The Morgan fingerprint density at radius 2 is 1.83 bits per heavy atom. The Morgan fingerprint density at radius 3 is 2.43 bits per heavy atom. The largest absolute Gasteiger partial charge is 0.382 e. The summed E-state index contributed by atoms with van der Waals surface area (Å²) >= 11 is 12.5. The lowest BCUT2D eigenvalue weighted by molar-refractivity contribution is 0.762. The van der Waals surface area contributed by atoms with Gasteiger partial charge in [0.15, 0.2) is 17.3 Å². The Balaban J connectivity index is 0.00000192. The number of anilines is 2. The zero-order valence-electron chi connectivity index (χ0n) is 12.5. The summed E-state index contributed by atoms with van der Waals surface area (Å²) in [5.74, 6) is 1.57. The quantitative estimate of drug-likeness (QED) is 0.707. The molecule has 0 bridgehead atoms. The summed E-state index contributed by atoms with van der Waals surface area (Å²) in [6.07, 6.45) is 1.62. The van der Waals surface area contributed by atoms with E-state index >= 15 is 0 Å². The molecule has 0 saturated carbocycles. The van der Waals surface area contributed by atoms with Crippen LogP contribution in [0.3, 0.4) is 0 Å². The molecule has 0 unspecified atom stereocenters. The van der Waals surface area contributed by atoms with Crippen LogP contribution in [0.1, 0.15) is 5.56 Å². The van der Waals surface area contributed by atoms with Gasteiger partial charge in [-0.1, -0.05) is 29.3 Å². The number of fused-ring (bicyclic) bond motifs is 1. The second-order valence-electron chi connectivity index (χ2n) is 5.05. The highest BCUT2D eigenvalue weighted by Gasteiger charge is 2.20. The summed E-state index contributed by atoms with van der Waals surface area (Å²) in [5, 5.41) is 1.19. The molecule has 0 saturated heterocycles. The van der Waals surface area contributed by atoms with Crippen LogP contribution in [0, 0.1) is 0 Å². The summed E-state index contributed by atoms with van der Waals surface area (Å²) in [7, 11) is 3.74. The molecule has 3 rings (SSSR count). The van der Waals surface area contributed by atoms with Gasteiger partial charge in [-0.25, -0.2) is 9.97 Å². The molecule has 0 spiro atoms. The number of hydrogen-bond donors (Lipinski definition) is 1. The van der Waals surface area contributed by atoms with Crippen molar-refractivity contribution in [1.82, 2.24) is 19.5 Å². The number of benzene rings is 1. The van der Waals surface area contributed by atoms with Crippen LogP contribution in [0.25, 0.3) is 11.5 Å². The van der Waals surface area contributed by atoms with Crippen molar-refractivity contribution in [2.45, 2.75) is 6.54 Å². The first-order valence-corrected chi connectivity index (χ1v) is 7.31. The van der Waals surface area contributed by atoms with Crippen LogP contribution in [0.15, 0.2) is 24.5 Å². The minimum absolute atomic E-state index is 0. The van der Waals surface area contributed by atoms with Gasteiger partial charge in [0.25, 0.3) is 0 Å². The van der Waals surface area contributed by atoms with Gasteiger partial charge >= 0.3 is 0 Å². The summed E-state index contributed by atoms with van der Waals surface area (Å²) in [6.45, 7) is 0.438. The third-order valence-corrected chi connectivity index (χ3v) is 3.98. The lowest BCUT2D eigenvalue weighted by Crippen LogP contribution is -2.10. The molecule has 6 nitrogen and oxygen atoms in total. The average Bonchev–Trinajstić information content (AvgIpc) is 2.92. The normalized spacial score (nSPS) is 10.6. The van der Waals surface area contributed by atoms with Crippen LogP contribution in [-0.4, -0.2) is 33.6 Å². The average molecular weight is 418 g/mol. The number of rotatable bonds is 3. The molecule has 1 aromatic carbocycles. The molecule has 23 heavy (non-hydrogen) atoms. The second kappa shape index (κ2) is 6.90. The highest BCUT2D eigenvalue weighted by atomic mass is 79.9. The summed E-state index contributed by atoms with van der Waals surface area (Å²) in [6, 6.07) is 5.41. The van der Waals surface area contributed by atoms with Crippen molar-refractivity contribution in [3.63, 3.8) is 0 Å². The predicted molar refractivity (Wildman–Crippen MR) is 99.1 cm³/mol. The van der Waals surface area contributed by atoms with Gasteiger partial charge in [-0.05, 0) is 12.1 Å². The number of imidazole rings is 1. The first-order chi connectivity index (χ1) is 10.5. The molecule has 0 aromatic heterocycles. The number of hydrogen-bond acceptors (Lipinski definition) is 5. The Kier molecular flexibility index (Phi) is 5.33. The minimum Gasteiger partial charge on any atom is -0.382 e. The van der Waals surface area contributed by atoms with Crippen molar-refractivity contribution in [3.8, 4) is 11.5 Å². The Hall–Kier alpha value is -1.57. The van der Waals surface area contributed by atoms with E-state index in [1.165, 1.54) is 0 Å². The number of halogens is 3. The lowest BCUT2D eigenvalue weighted by Gasteiger charge is -2.13. The summed E-state index contributed by atoms with van der Waals surface area (Å²) < 4.78 is 1.83. The number of nitrogen functional groups attached to an aromatic ring is 1. The van der Waals surface area contributed by atoms with Gasteiger partial charge in [0.05, 0.1) is 12.9 Å². The number of nitrogens with zero attached hydrogens (tertiary/aromatic N) is 5. The first kappa shape index (κ1) is 17.8. The fourth-order valence-corrected chi connectivity index (χ4v) is 2.63. The van der Waals surface area contributed by atoms with Crippen LogP contribution in [-0.2, 0) is 6.54 Å². The van der Waals surface area contributed by atoms with Gasteiger partial charge in [-0.3, -0.25) is 0 Å². The summed E-state index contributed by atoms with van der Waals surface area (Å²) in [5.41, 5.74) is 7.26. The molecule has 0 aliphatic carbocycles. The van der Waals surface area contributed by atoms with E-state index in [9.17, 15) is 0 Å². The van der Waals surface area contributed by atoms with E-state index < -0.39 is 0 Å². The topological polar surface area (TPSA) is 72.9 Å². The highest BCUT2D eigenvalue weighted by Crippen LogP contribution is 2.30. The Bertz CT molecular complexity index is 784. The van der Waals surface area contributed by atoms with Gasteiger partial charge in [0.1, 0.15) is 0 Å². The van der Waals surface area contributed by atoms with Crippen LogP contribution in [0.2, 0.25) is 10.0 Å². The van der Waals surface area contributed by atoms with Crippen molar-refractivity contribution in [2.75, 3.05) is 24.7 Å². The smallest absolute Gasteiger partial charge is 0.227 e. The van der Waals surface area contributed by atoms with Gasteiger partial charge in [-0.2, -0.15) is 4.98 Å². The van der Waals surface area contributed by atoms with Gasteiger partial charge in [-0.15, -0.1) is 17.0 Å². The molecule has 0 fully saturated rings. The van der Waals surface area contributed by atoms with E-state index in [1.54, 1.807) is 18.5 Å². The highest BCUT2D eigenvalue weighted by molar-refractivity contribution is 8.93. The van der Waals surface area contributed by atoms with E-state index in [1.807, 2.05) is 29.6 Å². The van der Waals surface area contributed by atoms with E-state index in [-0.39, 0.29) is 17.0 Å². The van der Waals surface area contributed by atoms with Crippen molar-refractivity contribution in [2.24, 2.45) is 0 Å². The van der Waals surface area contributed by atoms with Crippen molar-refractivity contribution in [1.29, 1.82) is 0 Å². The van der Waals surface area contributed by atoms with Gasteiger partial charge < -0.3 is 15.2 Å². The maximum Gasteiger partial charge on any atom is 0.227 e. The van der Waals surface area contributed by atoms with E-state index in [0.717, 1.165) is 5.56 Å². The molecule has 0 amide bonds. The third-order valence-electron chi connectivity index (χ3n) is 3.27. The summed E-state index contributed by atoms with van der Waals surface area (Å²) in [4.78, 5) is 14.9. The number of nitrogens with two attached hydrogens (primary N) is 1. The maximum absolute atomic E-state index is 6.23. The Labute approximate surface area is 154 Å². The maximum atomic E-state index is 6.23. The SMILES string of the molecule is Br.CN(C)c1nc2c(N)ncn(Cc3c(Cl)cccc3Cl)c-2n1. The van der Waals surface area contributed by atoms with E-state index in [2.05, 4.69) is 15.0 Å². The molecule has 2 aliphatic heterocycles. The van der Waals surface area contributed by atoms with Crippen LogP contribution in [0.5, 0.6) is 0 Å².